The first kappa shape index (κ1) is 11.6. The highest BCUT2D eigenvalue weighted by molar-refractivity contribution is 5.28. The van der Waals surface area contributed by atoms with Crippen LogP contribution in [0.15, 0.2) is 35.1 Å². The molecule has 3 nitrogen and oxygen atoms in total. The van der Waals surface area contributed by atoms with E-state index in [2.05, 4.69) is 23.8 Å². The van der Waals surface area contributed by atoms with Crippen LogP contribution < -0.4 is 0 Å². The molecule has 2 unspecified atom stereocenters. The number of furan rings is 1. The topological polar surface area (TPSA) is 38.3 Å². The second-order valence-electron chi connectivity index (χ2n) is 5.17. The van der Waals surface area contributed by atoms with Gasteiger partial charge in [0.15, 0.2) is 0 Å². The van der Waals surface area contributed by atoms with Crippen molar-refractivity contribution in [1.29, 1.82) is 0 Å². The van der Waals surface area contributed by atoms with Crippen LogP contribution in [0.4, 0.5) is 0 Å². The third kappa shape index (κ3) is 1.99. The Labute approximate surface area is 107 Å². The number of nitrogens with zero attached hydrogens (tertiary/aromatic N) is 1. The first-order chi connectivity index (χ1) is 8.75. The van der Waals surface area contributed by atoms with Crippen LogP contribution in [-0.2, 0) is 12.8 Å². The molecule has 0 bridgehead atoms. The normalized spacial score (nSPS) is 20.7. The van der Waals surface area contributed by atoms with Gasteiger partial charge in [-0.3, -0.25) is 0 Å². The Hall–Kier alpha value is -1.48. The van der Waals surface area contributed by atoms with Crippen molar-refractivity contribution in [2.75, 3.05) is 0 Å². The highest BCUT2D eigenvalue weighted by Crippen LogP contribution is 2.32. The largest absolute Gasteiger partial charge is 0.469 e. The van der Waals surface area contributed by atoms with Gasteiger partial charge in [0.1, 0.15) is 5.76 Å². The number of hydrogen-bond acceptors (Lipinski definition) is 2. The Bertz CT molecular complexity index is 513. The van der Waals surface area contributed by atoms with Gasteiger partial charge < -0.3 is 14.1 Å². The lowest BCUT2D eigenvalue weighted by molar-refractivity contribution is 0.155. The van der Waals surface area contributed by atoms with Crippen LogP contribution in [0.2, 0.25) is 0 Å². The van der Waals surface area contributed by atoms with Crippen LogP contribution in [-0.4, -0.2) is 9.67 Å². The van der Waals surface area contributed by atoms with Crippen molar-refractivity contribution in [3.8, 4) is 0 Å². The minimum absolute atomic E-state index is 0.272. The molecule has 0 radical (unpaired) electrons. The van der Waals surface area contributed by atoms with Crippen molar-refractivity contribution in [2.45, 2.75) is 44.8 Å². The van der Waals surface area contributed by atoms with Gasteiger partial charge in [-0.2, -0.15) is 0 Å². The van der Waals surface area contributed by atoms with Crippen molar-refractivity contribution in [3.05, 3.63) is 47.7 Å². The Morgan fingerprint density at radius 1 is 1.50 bits per heavy atom. The number of aliphatic hydroxyl groups excluding tert-OH is 1. The van der Waals surface area contributed by atoms with E-state index < -0.39 is 0 Å². The highest BCUT2D eigenvalue weighted by atomic mass is 16.3. The van der Waals surface area contributed by atoms with E-state index in [1.807, 2.05) is 12.1 Å². The molecule has 0 aliphatic heterocycles. The molecular weight excluding hydrogens is 226 g/mol. The molecule has 0 saturated carbocycles. The van der Waals surface area contributed by atoms with Gasteiger partial charge in [0.2, 0.25) is 0 Å². The Morgan fingerprint density at radius 2 is 2.39 bits per heavy atom. The van der Waals surface area contributed by atoms with E-state index in [1.165, 1.54) is 5.69 Å². The van der Waals surface area contributed by atoms with E-state index in [0.29, 0.717) is 6.04 Å². The molecule has 0 fully saturated rings. The second-order valence-corrected chi connectivity index (χ2v) is 5.17. The molecule has 1 N–H and O–H groups in total. The van der Waals surface area contributed by atoms with E-state index in [4.69, 9.17) is 4.42 Å². The summed E-state index contributed by atoms with van der Waals surface area (Å²) in [4.78, 5) is 0. The minimum atomic E-state index is -0.272. The third-order valence-electron chi connectivity index (χ3n) is 3.86. The average Bonchev–Trinajstić information content (AvgIpc) is 2.98. The zero-order chi connectivity index (χ0) is 12.5. The molecule has 0 spiro atoms. The van der Waals surface area contributed by atoms with Gasteiger partial charge in [-0.25, -0.2) is 0 Å². The molecule has 1 aliphatic rings. The number of hydrogen-bond donors (Lipinski definition) is 1. The summed E-state index contributed by atoms with van der Waals surface area (Å²) < 4.78 is 7.70. The van der Waals surface area contributed by atoms with E-state index >= 15 is 0 Å². The van der Waals surface area contributed by atoms with Gasteiger partial charge in [0.05, 0.1) is 12.4 Å². The van der Waals surface area contributed by atoms with Crippen molar-refractivity contribution in [1.82, 2.24) is 4.57 Å². The molecule has 3 heteroatoms. The fourth-order valence-corrected chi connectivity index (χ4v) is 2.92. The molecule has 18 heavy (non-hydrogen) atoms. The van der Waals surface area contributed by atoms with Crippen LogP contribution in [0, 0.1) is 0 Å². The minimum Gasteiger partial charge on any atom is -0.469 e. The van der Waals surface area contributed by atoms with Crippen molar-refractivity contribution < 1.29 is 9.52 Å². The summed E-state index contributed by atoms with van der Waals surface area (Å²) in [7, 11) is 0. The van der Waals surface area contributed by atoms with Crippen LogP contribution in [0.25, 0.3) is 0 Å². The van der Waals surface area contributed by atoms with E-state index in [-0.39, 0.29) is 6.10 Å². The molecule has 0 amide bonds. The van der Waals surface area contributed by atoms with Crippen molar-refractivity contribution in [2.24, 2.45) is 0 Å². The third-order valence-corrected chi connectivity index (χ3v) is 3.86. The molecular formula is C15H19NO2. The zero-order valence-electron chi connectivity index (χ0n) is 10.7. The summed E-state index contributed by atoms with van der Waals surface area (Å²) in [6, 6.07) is 6.38. The molecule has 3 rings (SSSR count). The molecule has 96 valence electrons. The molecule has 2 aromatic heterocycles. The van der Waals surface area contributed by atoms with Crippen LogP contribution >= 0.6 is 0 Å². The summed E-state index contributed by atoms with van der Waals surface area (Å²) in [5, 5.41) is 9.98. The summed E-state index contributed by atoms with van der Waals surface area (Å²) in [6.45, 7) is 2.20. The monoisotopic (exact) mass is 245 g/mol. The maximum absolute atomic E-state index is 9.98. The predicted octanol–water partition coefficient (Wildman–Crippen LogP) is 3.25. The Balaban J connectivity index is 1.84. The molecule has 0 aromatic carbocycles. The number of aromatic nitrogens is 1. The van der Waals surface area contributed by atoms with Gasteiger partial charge >= 0.3 is 0 Å². The van der Waals surface area contributed by atoms with Crippen molar-refractivity contribution in [3.63, 3.8) is 0 Å². The fourth-order valence-electron chi connectivity index (χ4n) is 2.92. The van der Waals surface area contributed by atoms with Gasteiger partial charge in [-0.15, -0.1) is 0 Å². The van der Waals surface area contributed by atoms with Crippen LogP contribution in [0.3, 0.4) is 0 Å². The lowest BCUT2D eigenvalue weighted by Crippen LogP contribution is -2.15. The van der Waals surface area contributed by atoms with Gasteiger partial charge in [0, 0.05) is 29.9 Å². The number of aliphatic hydroxyl groups is 1. The van der Waals surface area contributed by atoms with Crippen LogP contribution in [0.5, 0.6) is 0 Å². The van der Waals surface area contributed by atoms with Gasteiger partial charge in [-0.1, -0.05) is 0 Å². The van der Waals surface area contributed by atoms with E-state index in [0.717, 1.165) is 37.0 Å². The van der Waals surface area contributed by atoms with Gasteiger partial charge in [-0.05, 0) is 44.4 Å². The summed E-state index contributed by atoms with van der Waals surface area (Å²) >= 11 is 0. The van der Waals surface area contributed by atoms with E-state index in [9.17, 15) is 5.11 Å². The number of fused-ring (bicyclic) bond motifs is 1. The van der Waals surface area contributed by atoms with Crippen LogP contribution in [0.1, 0.15) is 48.9 Å². The summed E-state index contributed by atoms with van der Waals surface area (Å²) in [5.41, 5.74) is 2.42. The molecule has 2 atom stereocenters. The average molecular weight is 245 g/mol. The maximum Gasteiger partial charge on any atom is 0.105 e. The standard InChI is InChI=1S/C15H19NO2/c1-11(10-12-4-3-9-18-12)16-8-7-13-14(16)5-2-6-15(13)17/h3-4,7-9,11,15,17H,2,5-6,10H2,1H3. The first-order valence-electron chi connectivity index (χ1n) is 6.66. The lowest BCUT2D eigenvalue weighted by Gasteiger charge is -2.23. The SMILES string of the molecule is CC(Cc1ccco1)n1ccc2c1CCCC2O. The predicted molar refractivity (Wildman–Crippen MR) is 69.5 cm³/mol. The number of rotatable bonds is 3. The molecule has 0 saturated heterocycles. The van der Waals surface area contributed by atoms with Crippen molar-refractivity contribution >= 4 is 0 Å². The molecule has 2 heterocycles. The fraction of sp³-hybridized carbons (Fsp3) is 0.467. The Kier molecular flexibility index (Phi) is 3.00. The zero-order valence-corrected chi connectivity index (χ0v) is 10.7. The summed E-state index contributed by atoms with van der Waals surface area (Å²) in [6.07, 6.45) is 7.48. The maximum atomic E-state index is 9.98. The van der Waals surface area contributed by atoms with E-state index in [1.54, 1.807) is 6.26 Å². The second kappa shape index (κ2) is 4.65. The molecule has 1 aliphatic carbocycles. The Morgan fingerprint density at radius 3 is 3.17 bits per heavy atom. The quantitative estimate of drug-likeness (QED) is 0.901. The summed E-state index contributed by atoms with van der Waals surface area (Å²) in [5.74, 6) is 1.02. The molecule has 2 aromatic rings. The lowest BCUT2D eigenvalue weighted by atomic mass is 9.95. The highest BCUT2D eigenvalue weighted by Gasteiger charge is 2.23. The smallest absolute Gasteiger partial charge is 0.105 e. The van der Waals surface area contributed by atoms with Gasteiger partial charge in [0.25, 0.3) is 0 Å². The first-order valence-corrected chi connectivity index (χ1v) is 6.66.